The molecule has 3 atom stereocenters. The Bertz CT molecular complexity index is 1310. The largest absolute Gasteiger partial charge is 0.394 e. The van der Waals surface area contributed by atoms with Gasteiger partial charge in [0.1, 0.15) is 29.3 Å². The minimum absolute atomic E-state index is 0.0518. The first-order valence-electron chi connectivity index (χ1n) is 11.3. The second kappa shape index (κ2) is 10.9. The molecule has 7 nitrogen and oxygen atoms in total. The Morgan fingerprint density at radius 1 is 1.22 bits per heavy atom. The zero-order chi connectivity index (χ0) is 26.9. The molecule has 1 fully saturated rings. The lowest BCUT2D eigenvalue weighted by Crippen LogP contribution is -2.39. The molecule has 3 aromatic rings. The molecule has 1 aliphatic carbocycles. The summed E-state index contributed by atoms with van der Waals surface area (Å²) in [5.41, 5.74) is 6.40. The Balaban J connectivity index is 1.57. The lowest BCUT2D eigenvalue weighted by Gasteiger charge is -2.32. The van der Waals surface area contributed by atoms with E-state index in [9.17, 15) is 28.2 Å². The molecule has 1 aromatic heterocycles. The van der Waals surface area contributed by atoms with Crippen LogP contribution in [0.25, 0.3) is 11.3 Å². The summed E-state index contributed by atoms with van der Waals surface area (Å²) in [5, 5.41) is 21.7. The molecule has 1 unspecified atom stereocenters. The fourth-order valence-corrected chi connectivity index (χ4v) is 4.96. The molecule has 1 aliphatic rings. The van der Waals surface area contributed by atoms with Crippen LogP contribution in [0.2, 0.25) is 0 Å². The Kier molecular flexibility index (Phi) is 7.99. The number of anilines is 1. The number of amides is 1. The van der Waals surface area contributed by atoms with Crippen molar-refractivity contribution in [3.63, 3.8) is 0 Å². The van der Waals surface area contributed by atoms with Crippen LogP contribution >= 0.6 is 22.6 Å². The van der Waals surface area contributed by atoms with Crippen LogP contribution < -0.4 is 11.1 Å². The van der Waals surface area contributed by atoms with Gasteiger partial charge >= 0.3 is 0 Å². The Morgan fingerprint density at radius 3 is 2.62 bits per heavy atom. The van der Waals surface area contributed by atoms with Gasteiger partial charge in [-0.15, -0.1) is 0 Å². The van der Waals surface area contributed by atoms with Gasteiger partial charge in [-0.1, -0.05) is 6.07 Å². The highest BCUT2D eigenvalue weighted by Crippen LogP contribution is 2.42. The Hall–Kier alpha value is -2.84. The number of benzene rings is 2. The first-order valence-corrected chi connectivity index (χ1v) is 12.4. The van der Waals surface area contributed by atoms with Gasteiger partial charge in [0.2, 0.25) is 0 Å². The normalized spacial score (nSPS) is 19.9. The number of aliphatic hydroxyl groups excluding tert-OH is 2. The standard InChI is InChI=1S/C25H23F4IN4O3/c26-15-5-14(6-16(30)8-15)20(11-35)34-24(37)17-3-1-12(7-18(17)27)22-23(31)32-10-19(33-22)13-2-4-21(36)25(28,29)9-13/h1,3,5-8,10,13,20-21,35-36H,2,4,9,11H2,(H2,31,32)(H,34,37)/t13?,20-,21+/m1/s1. The van der Waals surface area contributed by atoms with Crippen LogP contribution in [0.1, 0.15) is 52.8 Å². The van der Waals surface area contributed by atoms with E-state index < -0.39 is 54.6 Å². The van der Waals surface area contributed by atoms with Crippen LogP contribution in [0.3, 0.4) is 0 Å². The lowest BCUT2D eigenvalue weighted by atomic mass is 9.83. The zero-order valence-electron chi connectivity index (χ0n) is 19.3. The Labute approximate surface area is 223 Å². The highest BCUT2D eigenvalue weighted by Gasteiger charge is 2.45. The number of rotatable bonds is 6. The van der Waals surface area contributed by atoms with Gasteiger partial charge in [0.15, 0.2) is 0 Å². The van der Waals surface area contributed by atoms with Crippen molar-refractivity contribution in [1.29, 1.82) is 0 Å². The summed E-state index contributed by atoms with van der Waals surface area (Å²) >= 11 is 1.90. The van der Waals surface area contributed by atoms with Crippen molar-refractivity contribution >= 4 is 34.3 Å². The van der Waals surface area contributed by atoms with Gasteiger partial charge in [-0.25, -0.2) is 27.5 Å². The van der Waals surface area contributed by atoms with Crippen LogP contribution in [-0.2, 0) is 0 Å². The number of nitrogens with two attached hydrogens (primary N) is 1. The van der Waals surface area contributed by atoms with Crippen LogP contribution in [0.4, 0.5) is 23.4 Å². The number of carbonyl (C=O) groups excluding carboxylic acids is 1. The first kappa shape index (κ1) is 27.2. The van der Waals surface area contributed by atoms with E-state index >= 15 is 4.39 Å². The number of aromatic nitrogens is 2. The lowest BCUT2D eigenvalue weighted by molar-refractivity contribution is -0.136. The summed E-state index contributed by atoms with van der Waals surface area (Å²) in [6.07, 6.45) is -0.846. The first-order chi connectivity index (χ1) is 17.5. The number of hydrogen-bond donors (Lipinski definition) is 4. The molecule has 1 heterocycles. The second-order valence-corrected chi connectivity index (χ2v) is 10.1. The number of nitrogens with zero attached hydrogens (tertiary/aromatic N) is 2. The fourth-order valence-electron chi connectivity index (χ4n) is 4.30. The quantitative estimate of drug-likeness (QED) is 0.238. The number of nitrogen functional groups attached to an aromatic ring is 1. The van der Waals surface area contributed by atoms with Gasteiger partial charge in [0, 0.05) is 21.5 Å². The number of halogens is 5. The third-order valence-electron chi connectivity index (χ3n) is 6.29. The maximum atomic E-state index is 15.0. The maximum Gasteiger partial charge on any atom is 0.274 e. The number of carbonyl (C=O) groups is 1. The van der Waals surface area contributed by atoms with E-state index in [0.717, 1.165) is 6.07 Å². The average Bonchev–Trinajstić information content (AvgIpc) is 2.83. The van der Waals surface area contributed by atoms with Gasteiger partial charge in [-0.2, -0.15) is 0 Å². The van der Waals surface area contributed by atoms with Crippen LogP contribution in [0.15, 0.2) is 42.6 Å². The predicted octanol–water partition coefficient (Wildman–Crippen LogP) is 4.34. The zero-order valence-corrected chi connectivity index (χ0v) is 21.4. The van der Waals surface area contributed by atoms with Crippen LogP contribution in [-0.4, -0.2) is 44.7 Å². The van der Waals surface area contributed by atoms with E-state index in [2.05, 4.69) is 15.3 Å². The fraction of sp³-hybridized carbons (Fsp3) is 0.320. The minimum Gasteiger partial charge on any atom is -0.394 e. The number of alkyl halides is 2. The maximum absolute atomic E-state index is 15.0. The molecule has 1 amide bonds. The average molecular weight is 630 g/mol. The summed E-state index contributed by atoms with van der Waals surface area (Å²) in [7, 11) is 0. The number of aliphatic hydroxyl groups is 2. The third-order valence-corrected chi connectivity index (χ3v) is 6.92. The van der Waals surface area contributed by atoms with E-state index in [1.807, 2.05) is 22.6 Å². The van der Waals surface area contributed by atoms with Gasteiger partial charge in [-0.3, -0.25) is 4.79 Å². The van der Waals surface area contributed by atoms with Crippen molar-refractivity contribution in [3.05, 3.63) is 74.6 Å². The van der Waals surface area contributed by atoms with Crippen molar-refractivity contribution in [2.45, 2.75) is 43.2 Å². The molecule has 0 spiro atoms. The summed E-state index contributed by atoms with van der Waals surface area (Å²) in [5.74, 6) is -6.27. The van der Waals surface area contributed by atoms with Crippen molar-refractivity contribution < 1.29 is 32.6 Å². The highest BCUT2D eigenvalue weighted by molar-refractivity contribution is 14.1. The van der Waals surface area contributed by atoms with E-state index in [1.54, 1.807) is 6.07 Å². The molecular weight excluding hydrogens is 607 g/mol. The topological polar surface area (TPSA) is 121 Å². The molecule has 2 aromatic carbocycles. The molecular formula is C25H23F4IN4O3. The molecule has 0 saturated heterocycles. The van der Waals surface area contributed by atoms with Crippen LogP contribution in [0, 0.1) is 15.2 Å². The summed E-state index contributed by atoms with van der Waals surface area (Å²) < 4.78 is 57.4. The van der Waals surface area contributed by atoms with Crippen molar-refractivity contribution in [1.82, 2.24) is 15.3 Å². The molecule has 196 valence electrons. The molecule has 5 N–H and O–H groups in total. The smallest absolute Gasteiger partial charge is 0.274 e. The summed E-state index contributed by atoms with van der Waals surface area (Å²) in [6.45, 7) is -0.541. The molecule has 37 heavy (non-hydrogen) atoms. The molecule has 0 bridgehead atoms. The molecule has 4 rings (SSSR count). The number of nitrogens with one attached hydrogen (secondary N) is 1. The van der Waals surface area contributed by atoms with Crippen LogP contribution in [0.5, 0.6) is 0 Å². The number of hydrogen-bond acceptors (Lipinski definition) is 6. The molecule has 0 aliphatic heterocycles. The Morgan fingerprint density at radius 2 is 1.97 bits per heavy atom. The van der Waals surface area contributed by atoms with Crippen molar-refractivity contribution in [2.24, 2.45) is 0 Å². The van der Waals surface area contributed by atoms with Gasteiger partial charge in [-0.05, 0) is 71.3 Å². The summed E-state index contributed by atoms with van der Waals surface area (Å²) in [4.78, 5) is 21.1. The third kappa shape index (κ3) is 6.02. The minimum atomic E-state index is -3.26. The van der Waals surface area contributed by atoms with Crippen molar-refractivity contribution in [2.75, 3.05) is 12.3 Å². The molecule has 1 saturated carbocycles. The van der Waals surface area contributed by atoms with E-state index in [-0.39, 0.29) is 41.2 Å². The molecule has 0 radical (unpaired) electrons. The molecule has 12 heteroatoms. The van der Waals surface area contributed by atoms with E-state index in [1.165, 1.54) is 30.5 Å². The van der Waals surface area contributed by atoms with Gasteiger partial charge < -0.3 is 21.3 Å². The second-order valence-electron chi connectivity index (χ2n) is 8.89. The SMILES string of the molecule is Nc1ncc(C2CC[C@H](O)C(F)(F)C2)nc1-c1ccc(C(=O)N[C@H](CO)c2cc(F)cc(I)c2)c(F)c1. The van der Waals surface area contributed by atoms with E-state index in [4.69, 9.17) is 5.73 Å². The van der Waals surface area contributed by atoms with Gasteiger partial charge in [0.05, 0.1) is 30.1 Å². The monoisotopic (exact) mass is 630 g/mol. The van der Waals surface area contributed by atoms with E-state index in [0.29, 0.717) is 9.13 Å². The summed E-state index contributed by atoms with van der Waals surface area (Å²) in [6, 6.07) is 6.68. The van der Waals surface area contributed by atoms with Gasteiger partial charge in [0.25, 0.3) is 11.8 Å². The van der Waals surface area contributed by atoms with Crippen molar-refractivity contribution in [3.8, 4) is 11.3 Å². The predicted molar refractivity (Wildman–Crippen MR) is 136 cm³/mol. The highest BCUT2D eigenvalue weighted by atomic mass is 127.